The molecule has 1 aromatic carbocycles. The van der Waals surface area contributed by atoms with E-state index >= 15 is 0 Å². The van der Waals surface area contributed by atoms with E-state index in [9.17, 15) is 9.59 Å². The lowest BCUT2D eigenvalue weighted by Gasteiger charge is -2.19. The van der Waals surface area contributed by atoms with Gasteiger partial charge in [0, 0.05) is 24.2 Å². The molecule has 7 nitrogen and oxygen atoms in total. The summed E-state index contributed by atoms with van der Waals surface area (Å²) < 4.78 is 0. The van der Waals surface area contributed by atoms with Gasteiger partial charge in [-0.1, -0.05) is 18.2 Å². The number of aromatic amines is 1. The Kier molecular flexibility index (Phi) is 4.35. The number of para-hydroxylation sites is 1. The average Bonchev–Trinajstić information content (AvgIpc) is 3.17. The standard InChI is InChI=1S/C19H19N5O2/c25-17(10-14-9-13-5-1-2-6-15(13)23-19(14)26)22-16-11-20-12-21-18(16)24-7-3-4-8-24/h1-2,5-6,9,11-12H,3-4,7-8,10H2,(H,22,25)(H,23,26). The van der Waals surface area contributed by atoms with Crippen molar-refractivity contribution in [3.05, 3.63) is 58.8 Å². The third kappa shape index (κ3) is 3.28. The van der Waals surface area contributed by atoms with Crippen LogP contribution < -0.4 is 15.8 Å². The van der Waals surface area contributed by atoms with E-state index in [1.54, 1.807) is 12.3 Å². The fraction of sp³-hybridized carbons (Fsp3) is 0.263. The van der Waals surface area contributed by atoms with E-state index in [-0.39, 0.29) is 17.9 Å². The number of carbonyl (C=O) groups is 1. The molecule has 3 aromatic rings. The van der Waals surface area contributed by atoms with Gasteiger partial charge in [-0.15, -0.1) is 0 Å². The first kappa shape index (κ1) is 16.3. The fourth-order valence-corrected chi connectivity index (χ4v) is 3.28. The molecule has 1 aliphatic rings. The Morgan fingerprint density at radius 2 is 2.04 bits per heavy atom. The molecular formula is C19H19N5O2. The molecule has 2 aromatic heterocycles. The predicted molar refractivity (Wildman–Crippen MR) is 100 cm³/mol. The summed E-state index contributed by atoms with van der Waals surface area (Å²) in [5, 5.41) is 3.75. The van der Waals surface area contributed by atoms with Gasteiger partial charge < -0.3 is 15.2 Å². The van der Waals surface area contributed by atoms with Crippen molar-refractivity contribution in [2.24, 2.45) is 0 Å². The lowest BCUT2D eigenvalue weighted by atomic mass is 10.1. The fourth-order valence-electron chi connectivity index (χ4n) is 3.28. The Hall–Kier alpha value is -3.22. The number of H-pyrrole nitrogens is 1. The third-order valence-corrected chi connectivity index (χ3v) is 4.55. The van der Waals surface area contributed by atoms with Gasteiger partial charge in [0.05, 0.1) is 12.6 Å². The van der Waals surface area contributed by atoms with Crippen LogP contribution in [0.5, 0.6) is 0 Å². The van der Waals surface area contributed by atoms with E-state index in [4.69, 9.17) is 0 Å². The van der Waals surface area contributed by atoms with Crippen molar-refractivity contribution in [3.8, 4) is 0 Å². The molecule has 0 radical (unpaired) electrons. The minimum Gasteiger partial charge on any atom is -0.355 e. The van der Waals surface area contributed by atoms with Crippen LogP contribution in [-0.4, -0.2) is 33.9 Å². The number of benzene rings is 1. The molecular weight excluding hydrogens is 330 g/mol. The Labute approximate surface area is 150 Å². The van der Waals surface area contributed by atoms with Gasteiger partial charge in [-0.2, -0.15) is 0 Å². The zero-order valence-electron chi connectivity index (χ0n) is 14.2. The van der Waals surface area contributed by atoms with E-state index in [1.165, 1.54) is 6.33 Å². The van der Waals surface area contributed by atoms with Gasteiger partial charge in [0.15, 0.2) is 5.82 Å². The van der Waals surface area contributed by atoms with Gasteiger partial charge in [-0.05, 0) is 30.4 Å². The maximum Gasteiger partial charge on any atom is 0.252 e. The molecule has 1 saturated heterocycles. The number of carbonyl (C=O) groups excluding carboxylic acids is 1. The Morgan fingerprint density at radius 1 is 1.23 bits per heavy atom. The molecule has 0 aliphatic carbocycles. The molecule has 0 spiro atoms. The first-order chi connectivity index (χ1) is 12.7. The molecule has 3 heterocycles. The summed E-state index contributed by atoms with van der Waals surface area (Å²) >= 11 is 0. The van der Waals surface area contributed by atoms with Crippen molar-refractivity contribution in [2.45, 2.75) is 19.3 Å². The third-order valence-electron chi connectivity index (χ3n) is 4.55. The highest BCUT2D eigenvalue weighted by molar-refractivity contribution is 5.95. The Balaban J connectivity index is 1.55. The molecule has 0 bridgehead atoms. The van der Waals surface area contributed by atoms with Crippen LogP contribution in [-0.2, 0) is 11.2 Å². The minimum atomic E-state index is -0.263. The van der Waals surface area contributed by atoms with Gasteiger partial charge >= 0.3 is 0 Å². The molecule has 0 saturated carbocycles. The van der Waals surface area contributed by atoms with Gasteiger partial charge in [0.2, 0.25) is 5.91 Å². The number of hydrogen-bond donors (Lipinski definition) is 2. The smallest absolute Gasteiger partial charge is 0.252 e. The molecule has 26 heavy (non-hydrogen) atoms. The molecule has 0 unspecified atom stereocenters. The second kappa shape index (κ2) is 6.95. The summed E-state index contributed by atoms with van der Waals surface area (Å²) in [5.74, 6) is 0.472. The zero-order chi connectivity index (χ0) is 17.9. The van der Waals surface area contributed by atoms with E-state index in [0.717, 1.165) is 42.7 Å². The largest absolute Gasteiger partial charge is 0.355 e. The highest BCUT2D eigenvalue weighted by Crippen LogP contribution is 2.25. The lowest BCUT2D eigenvalue weighted by Crippen LogP contribution is -2.24. The maximum absolute atomic E-state index is 12.5. The van der Waals surface area contributed by atoms with Gasteiger partial charge in [0.1, 0.15) is 12.0 Å². The molecule has 4 rings (SSSR count). The predicted octanol–water partition coefficient (Wildman–Crippen LogP) is 2.10. The molecule has 2 N–H and O–H groups in total. The number of anilines is 2. The van der Waals surface area contributed by atoms with Crippen LogP contribution in [0.1, 0.15) is 18.4 Å². The summed E-state index contributed by atoms with van der Waals surface area (Å²) in [5.41, 5.74) is 1.52. The Bertz CT molecular complexity index is 1010. The topological polar surface area (TPSA) is 91.0 Å². The summed E-state index contributed by atoms with van der Waals surface area (Å²) in [7, 11) is 0. The van der Waals surface area contributed by atoms with Crippen molar-refractivity contribution >= 4 is 28.3 Å². The summed E-state index contributed by atoms with van der Waals surface area (Å²) in [6, 6.07) is 9.26. The highest BCUT2D eigenvalue weighted by Gasteiger charge is 2.19. The number of aromatic nitrogens is 3. The van der Waals surface area contributed by atoms with Crippen LogP contribution in [0, 0.1) is 0 Å². The molecule has 1 aliphatic heterocycles. The molecule has 0 atom stereocenters. The summed E-state index contributed by atoms with van der Waals surface area (Å²) in [6.45, 7) is 1.84. The first-order valence-corrected chi connectivity index (χ1v) is 8.66. The number of amides is 1. The number of rotatable bonds is 4. The SMILES string of the molecule is O=C(Cc1cc2ccccc2[nH]c1=O)Nc1cncnc1N1CCCC1. The molecule has 7 heteroatoms. The van der Waals surface area contributed by atoms with Crippen LogP contribution in [0.2, 0.25) is 0 Å². The van der Waals surface area contributed by atoms with E-state index in [1.807, 2.05) is 24.3 Å². The monoisotopic (exact) mass is 349 g/mol. The van der Waals surface area contributed by atoms with Crippen LogP contribution >= 0.6 is 0 Å². The Morgan fingerprint density at radius 3 is 2.88 bits per heavy atom. The van der Waals surface area contributed by atoms with Crippen LogP contribution in [0.3, 0.4) is 0 Å². The first-order valence-electron chi connectivity index (χ1n) is 8.66. The number of hydrogen-bond acceptors (Lipinski definition) is 5. The lowest BCUT2D eigenvalue weighted by molar-refractivity contribution is -0.115. The maximum atomic E-state index is 12.5. The molecule has 132 valence electrons. The van der Waals surface area contributed by atoms with Crippen molar-refractivity contribution < 1.29 is 4.79 Å². The van der Waals surface area contributed by atoms with Crippen molar-refractivity contribution in [1.29, 1.82) is 0 Å². The molecule has 1 fully saturated rings. The average molecular weight is 349 g/mol. The number of nitrogens with one attached hydrogen (secondary N) is 2. The van der Waals surface area contributed by atoms with Crippen LogP contribution in [0.15, 0.2) is 47.7 Å². The number of fused-ring (bicyclic) bond motifs is 1. The summed E-state index contributed by atoms with van der Waals surface area (Å²) in [6.07, 6.45) is 5.31. The molecule has 1 amide bonds. The second-order valence-corrected chi connectivity index (χ2v) is 6.39. The number of nitrogens with zero attached hydrogens (tertiary/aromatic N) is 3. The quantitative estimate of drug-likeness (QED) is 0.753. The summed E-state index contributed by atoms with van der Waals surface area (Å²) in [4.78, 5) is 38.0. The minimum absolute atomic E-state index is 0.00545. The van der Waals surface area contributed by atoms with E-state index in [0.29, 0.717) is 11.3 Å². The number of pyridine rings is 1. The normalized spacial score (nSPS) is 13.9. The van der Waals surface area contributed by atoms with E-state index in [2.05, 4.69) is 25.2 Å². The van der Waals surface area contributed by atoms with Crippen LogP contribution in [0.4, 0.5) is 11.5 Å². The van der Waals surface area contributed by atoms with Crippen molar-refractivity contribution in [2.75, 3.05) is 23.3 Å². The van der Waals surface area contributed by atoms with Crippen molar-refractivity contribution in [1.82, 2.24) is 15.0 Å². The van der Waals surface area contributed by atoms with Gasteiger partial charge in [0.25, 0.3) is 5.56 Å². The van der Waals surface area contributed by atoms with Gasteiger partial charge in [-0.3, -0.25) is 9.59 Å². The second-order valence-electron chi connectivity index (χ2n) is 6.39. The van der Waals surface area contributed by atoms with E-state index < -0.39 is 0 Å². The van der Waals surface area contributed by atoms with Crippen molar-refractivity contribution in [3.63, 3.8) is 0 Å². The highest BCUT2D eigenvalue weighted by atomic mass is 16.2. The van der Waals surface area contributed by atoms with Crippen LogP contribution in [0.25, 0.3) is 10.9 Å². The zero-order valence-corrected chi connectivity index (χ0v) is 14.2. The van der Waals surface area contributed by atoms with Gasteiger partial charge in [-0.25, -0.2) is 9.97 Å².